The molecule has 46 heavy (non-hydrogen) atoms. The van der Waals surface area contributed by atoms with Crippen LogP contribution in [0.3, 0.4) is 0 Å². The molecule has 0 aromatic carbocycles. The summed E-state index contributed by atoms with van der Waals surface area (Å²) in [5, 5.41) is 12.6. The van der Waals surface area contributed by atoms with Gasteiger partial charge in [0, 0.05) is 19.4 Å². The van der Waals surface area contributed by atoms with Gasteiger partial charge >= 0.3 is 13.8 Å². The summed E-state index contributed by atoms with van der Waals surface area (Å²) in [5.74, 6) is -0.509. The molecule has 0 aliphatic rings. The third kappa shape index (κ3) is 34.3. The zero-order valence-electron chi connectivity index (χ0n) is 29.8. The quantitative estimate of drug-likeness (QED) is 0.0339. The van der Waals surface area contributed by atoms with Crippen molar-refractivity contribution in [2.75, 3.05) is 26.4 Å². The first kappa shape index (κ1) is 45.0. The molecule has 0 aliphatic heterocycles. The van der Waals surface area contributed by atoms with Crippen molar-refractivity contribution < 1.29 is 37.9 Å². The van der Waals surface area contributed by atoms with Crippen molar-refractivity contribution in [1.29, 1.82) is 0 Å². The molecule has 0 heterocycles. The van der Waals surface area contributed by atoms with Gasteiger partial charge in [-0.1, -0.05) is 162 Å². The Kier molecular flexibility index (Phi) is 33.2. The van der Waals surface area contributed by atoms with Gasteiger partial charge in [-0.3, -0.25) is 18.6 Å². The molecule has 0 bridgehead atoms. The summed E-state index contributed by atoms with van der Waals surface area (Å²) in [6, 6.07) is 0. The number of hydrogen-bond acceptors (Lipinski definition) is 7. The molecule has 0 saturated carbocycles. The summed E-state index contributed by atoms with van der Waals surface area (Å²) in [5.41, 5.74) is 0. The molecule has 2 atom stereocenters. The number of hydrogen-bond donors (Lipinski definition) is 3. The number of aliphatic hydroxyl groups excluding tert-OH is 1. The number of amides is 1. The van der Waals surface area contributed by atoms with Crippen LogP contribution < -0.4 is 5.32 Å². The Morgan fingerprint density at radius 1 is 0.587 bits per heavy atom. The molecule has 0 aromatic heterocycles. The van der Waals surface area contributed by atoms with E-state index < -0.39 is 26.5 Å². The van der Waals surface area contributed by atoms with Crippen LogP contribution in [0.1, 0.15) is 187 Å². The standard InChI is InChI=1S/C36H72NO8P/c1-3-5-7-9-11-13-15-16-17-19-20-22-24-26-28-35(39)37-30-31-44-46(41,42)45-33-34(38)32-43-36(40)29-27-25-23-21-18-14-12-10-8-6-4-2/h34,38H,3-33H2,1-2H3,(H,37,39)(H,41,42). The van der Waals surface area contributed by atoms with Gasteiger partial charge in [-0.25, -0.2) is 4.57 Å². The van der Waals surface area contributed by atoms with Gasteiger partial charge in [-0.2, -0.15) is 0 Å². The highest BCUT2D eigenvalue weighted by Gasteiger charge is 2.23. The van der Waals surface area contributed by atoms with E-state index in [4.69, 9.17) is 13.8 Å². The molecule has 3 N–H and O–H groups in total. The second-order valence-corrected chi connectivity index (χ2v) is 14.4. The summed E-state index contributed by atoms with van der Waals surface area (Å²) < 4.78 is 26.7. The first-order valence-electron chi connectivity index (χ1n) is 19.0. The van der Waals surface area contributed by atoms with E-state index in [2.05, 4.69) is 19.2 Å². The Balaban J connectivity index is 3.59. The molecule has 1 amide bonds. The topological polar surface area (TPSA) is 131 Å². The summed E-state index contributed by atoms with van der Waals surface area (Å²) in [4.78, 5) is 33.7. The van der Waals surface area contributed by atoms with Crippen molar-refractivity contribution in [1.82, 2.24) is 5.32 Å². The summed E-state index contributed by atoms with van der Waals surface area (Å²) in [6.07, 6.45) is 30.3. The lowest BCUT2D eigenvalue weighted by Gasteiger charge is -2.15. The van der Waals surface area contributed by atoms with E-state index in [0.29, 0.717) is 6.42 Å². The average molecular weight is 678 g/mol. The second-order valence-electron chi connectivity index (χ2n) is 12.9. The number of nitrogens with one attached hydrogen (secondary N) is 1. The molecule has 0 aliphatic carbocycles. The first-order chi connectivity index (χ1) is 22.3. The van der Waals surface area contributed by atoms with E-state index in [1.807, 2.05) is 0 Å². The van der Waals surface area contributed by atoms with Crippen LogP contribution in [0, 0.1) is 0 Å². The molecule has 0 fully saturated rings. The highest BCUT2D eigenvalue weighted by molar-refractivity contribution is 7.47. The maximum absolute atomic E-state index is 12.0. The van der Waals surface area contributed by atoms with Crippen molar-refractivity contribution in [3.05, 3.63) is 0 Å². The number of ether oxygens (including phenoxy) is 1. The molecule has 0 saturated heterocycles. The van der Waals surface area contributed by atoms with Crippen LogP contribution >= 0.6 is 7.82 Å². The van der Waals surface area contributed by atoms with Crippen LogP contribution in [-0.2, 0) is 27.9 Å². The molecule has 0 radical (unpaired) electrons. The van der Waals surface area contributed by atoms with E-state index in [1.54, 1.807) is 0 Å². The lowest BCUT2D eigenvalue weighted by molar-refractivity contribution is -0.147. The van der Waals surface area contributed by atoms with E-state index in [-0.39, 0.29) is 32.1 Å². The van der Waals surface area contributed by atoms with Crippen molar-refractivity contribution >= 4 is 19.7 Å². The average Bonchev–Trinajstić information content (AvgIpc) is 3.04. The van der Waals surface area contributed by atoms with Crippen molar-refractivity contribution in [2.45, 2.75) is 193 Å². The smallest absolute Gasteiger partial charge is 0.463 e. The summed E-state index contributed by atoms with van der Waals surface area (Å²) >= 11 is 0. The lowest BCUT2D eigenvalue weighted by atomic mass is 10.0. The van der Waals surface area contributed by atoms with Crippen LogP contribution in [0.5, 0.6) is 0 Å². The van der Waals surface area contributed by atoms with E-state index in [9.17, 15) is 24.2 Å². The van der Waals surface area contributed by atoms with Crippen LogP contribution in [-0.4, -0.2) is 54.3 Å². The van der Waals surface area contributed by atoms with Crippen molar-refractivity contribution in [2.24, 2.45) is 0 Å². The van der Waals surface area contributed by atoms with Crippen molar-refractivity contribution in [3.8, 4) is 0 Å². The Hall–Kier alpha value is -0.990. The fourth-order valence-electron chi connectivity index (χ4n) is 5.38. The van der Waals surface area contributed by atoms with Gasteiger partial charge < -0.3 is 20.1 Å². The molecule has 10 heteroatoms. The first-order valence-corrected chi connectivity index (χ1v) is 20.5. The Morgan fingerprint density at radius 3 is 1.41 bits per heavy atom. The fraction of sp³-hybridized carbons (Fsp3) is 0.944. The molecular formula is C36H72NO8P. The van der Waals surface area contributed by atoms with Gasteiger partial charge in [0.05, 0.1) is 13.2 Å². The number of unbranched alkanes of at least 4 members (excludes halogenated alkanes) is 23. The van der Waals surface area contributed by atoms with Crippen molar-refractivity contribution in [3.63, 3.8) is 0 Å². The van der Waals surface area contributed by atoms with E-state index in [0.717, 1.165) is 38.5 Å². The monoisotopic (exact) mass is 677 g/mol. The SMILES string of the molecule is CCCCCCCCCCCCCCCCC(=O)NCCOP(=O)(O)OCC(O)COC(=O)CCCCCCCCCCCCC. The maximum atomic E-state index is 12.0. The molecule has 0 rings (SSSR count). The van der Waals surface area contributed by atoms with E-state index in [1.165, 1.54) is 122 Å². The number of esters is 1. The van der Waals surface area contributed by atoms with Gasteiger partial charge in [-0.05, 0) is 12.8 Å². The zero-order chi connectivity index (χ0) is 34.0. The number of rotatable bonds is 36. The van der Waals surface area contributed by atoms with Gasteiger partial charge in [-0.15, -0.1) is 0 Å². The Morgan fingerprint density at radius 2 is 0.978 bits per heavy atom. The second kappa shape index (κ2) is 33.9. The fourth-order valence-corrected chi connectivity index (χ4v) is 6.14. The van der Waals surface area contributed by atoms with Crippen LogP contribution in [0.2, 0.25) is 0 Å². The molecule has 274 valence electrons. The van der Waals surface area contributed by atoms with Crippen LogP contribution in [0.25, 0.3) is 0 Å². The Bertz CT molecular complexity index is 739. The van der Waals surface area contributed by atoms with Gasteiger partial charge in [0.2, 0.25) is 5.91 Å². The predicted octanol–water partition coefficient (Wildman–Crippen LogP) is 9.71. The number of phosphoric acid groups is 1. The minimum absolute atomic E-state index is 0.0879. The third-order valence-corrected chi connectivity index (χ3v) is 9.27. The molecular weight excluding hydrogens is 605 g/mol. The Labute approximate surface area is 282 Å². The molecule has 0 spiro atoms. The summed E-state index contributed by atoms with van der Waals surface area (Å²) in [6.45, 7) is 3.55. The number of aliphatic hydroxyl groups is 1. The highest BCUT2D eigenvalue weighted by atomic mass is 31.2. The highest BCUT2D eigenvalue weighted by Crippen LogP contribution is 2.42. The van der Waals surface area contributed by atoms with Crippen LogP contribution in [0.4, 0.5) is 0 Å². The van der Waals surface area contributed by atoms with Gasteiger partial charge in [0.1, 0.15) is 12.7 Å². The minimum Gasteiger partial charge on any atom is -0.463 e. The normalized spacial score (nSPS) is 13.4. The summed E-state index contributed by atoms with van der Waals surface area (Å²) in [7, 11) is -4.40. The van der Waals surface area contributed by atoms with Crippen LogP contribution in [0.15, 0.2) is 0 Å². The molecule has 0 aromatic rings. The number of carbonyl (C=O) groups excluding carboxylic acids is 2. The third-order valence-electron chi connectivity index (χ3n) is 8.29. The van der Waals surface area contributed by atoms with Gasteiger partial charge in [0.25, 0.3) is 0 Å². The molecule has 2 unspecified atom stereocenters. The number of phosphoric ester groups is 1. The maximum Gasteiger partial charge on any atom is 0.472 e. The zero-order valence-corrected chi connectivity index (χ0v) is 30.7. The minimum atomic E-state index is -4.40. The number of carbonyl (C=O) groups is 2. The molecule has 9 nitrogen and oxygen atoms in total. The lowest BCUT2D eigenvalue weighted by Crippen LogP contribution is -2.27. The van der Waals surface area contributed by atoms with E-state index >= 15 is 0 Å². The largest absolute Gasteiger partial charge is 0.472 e. The van der Waals surface area contributed by atoms with Gasteiger partial charge in [0.15, 0.2) is 0 Å². The predicted molar refractivity (Wildman–Crippen MR) is 188 cm³/mol.